The summed E-state index contributed by atoms with van der Waals surface area (Å²) in [6, 6.07) is 12.4. The SMILES string of the molecule is Cc1cc(Nc2ccc([N+](=O)[O-])cc2)ccc1I. The number of hydrogen-bond donors (Lipinski definition) is 1. The molecular formula is C13H11IN2O2. The number of aryl methyl sites for hydroxylation is 1. The molecule has 92 valence electrons. The van der Waals surface area contributed by atoms with Gasteiger partial charge in [-0.1, -0.05) is 0 Å². The number of non-ortho nitro benzene ring substituents is 1. The molecule has 0 aliphatic heterocycles. The van der Waals surface area contributed by atoms with Gasteiger partial charge in [0.15, 0.2) is 0 Å². The van der Waals surface area contributed by atoms with E-state index >= 15 is 0 Å². The Labute approximate surface area is 118 Å². The first-order valence-electron chi connectivity index (χ1n) is 5.34. The summed E-state index contributed by atoms with van der Waals surface area (Å²) < 4.78 is 1.21. The maximum Gasteiger partial charge on any atom is 0.269 e. The topological polar surface area (TPSA) is 55.2 Å². The molecule has 0 atom stereocenters. The Morgan fingerprint density at radius 1 is 1.11 bits per heavy atom. The second-order valence-electron chi connectivity index (χ2n) is 3.89. The fourth-order valence-corrected chi connectivity index (χ4v) is 1.89. The highest BCUT2D eigenvalue weighted by atomic mass is 127. The molecule has 0 saturated carbocycles. The summed E-state index contributed by atoms with van der Waals surface area (Å²) in [5.41, 5.74) is 3.10. The van der Waals surface area contributed by atoms with Crippen molar-refractivity contribution < 1.29 is 4.92 Å². The van der Waals surface area contributed by atoms with Crippen LogP contribution in [0.1, 0.15) is 5.56 Å². The largest absolute Gasteiger partial charge is 0.356 e. The van der Waals surface area contributed by atoms with Gasteiger partial charge in [-0.2, -0.15) is 0 Å². The van der Waals surface area contributed by atoms with Crippen LogP contribution in [0.25, 0.3) is 0 Å². The molecule has 2 aromatic carbocycles. The Balaban J connectivity index is 2.18. The monoisotopic (exact) mass is 354 g/mol. The van der Waals surface area contributed by atoms with Crippen LogP contribution in [0.4, 0.5) is 17.1 Å². The summed E-state index contributed by atoms with van der Waals surface area (Å²) in [5.74, 6) is 0. The number of anilines is 2. The molecule has 2 aromatic rings. The van der Waals surface area contributed by atoms with E-state index in [4.69, 9.17) is 0 Å². The van der Waals surface area contributed by atoms with Gasteiger partial charge in [0, 0.05) is 27.1 Å². The number of nitrogens with one attached hydrogen (secondary N) is 1. The number of nitro groups is 1. The predicted molar refractivity (Wildman–Crippen MR) is 80.3 cm³/mol. The lowest BCUT2D eigenvalue weighted by Gasteiger charge is -2.07. The number of hydrogen-bond acceptors (Lipinski definition) is 3. The molecule has 0 aromatic heterocycles. The Morgan fingerprint density at radius 2 is 1.72 bits per heavy atom. The van der Waals surface area contributed by atoms with Gasteiger partial charge < -0.3 is 5.32 Å². The van der Waals surface area contributed by atoms with Crippen molar-refractivity contribution in [1.29, 1.82) is 0 Å². The second-order valence-corrected chi connectivity index (χ2v) is 5.06. The first-order valence-corrected chi connectivity index (χ1v) is 6.42. The number of benzene rings is 2. The molecule has 0 fully saturated rings. The molecule has 2 rings (SSSR count). The fraction of sp³-hybridized carbons (Fsp3) is 0.0769. The third-order valence-corrected chi connectivity index (χ3v) is 3.74. The maximum absolute atomic E-state index is 10.5. The quantitative estimate of drug-likeness (QED) is 0.509. The van der Waals surface area contributed by atoms with Crippen molar-refractivity contribution in [3.8, 4) is 0 Å². The minimum Gasteiger partial charge on any atom is -0.356 e. The molecule has 0 amide bonds. The molecule has 0 heterocycles. The zero-order valence-electron chi connectivity index (χ0n) is 9.68. The number of halogens is 1. The fourth-order valence-electron chi connectivity index (χ4n) is 1.56. The molecule has 5 heteroatoms. The Hall–Kier alpha value is -1.63. The molecule has 0 aliphatic carbocycles. The summed E-state index contributed by atoms with van der Waals surface area (Å²) in [6.45, 7) is 2.04. The summed E-state index contributed by atoms with van der Waals surface area (Å²) in [5, 5.41) is 13.7. The third kappa shape index (κ3) is 2.98. The van der Waals surface area contributed by atoms with Crippen LogP contribution in [0.3, 0.4) is 0 Å². The summed E-state index contributed by atoms with van der Waals surface area (Å²) in [4.78, 5) is 10.1. The van der Waals surface area contributed by atoms with Crippen LogP contribution in [-0.4, -0.2) is 4.92 Å². The van der Waals surface area contributed by atoms with E-state index in [1.54, 1.807) is 12.1 Å². The lowest BCUT2D eigenvalue weighted by Crippen LogP contribution is -1.93. The molecule has 4 nitrogen and oxygen atoms in total. The zero-order chi connectivity index (χ0) is 13.1. The first-order chi connectivity index (χ1) is 8.56. The number of nitrogens with zero attached hydrogens (tertiary/aromatic N) is 1. The summed E-state index contributed by atoms with van der Waals surface area (Å²) in [7, 11) is 0. The van der Waals surface area contributed by atoms with E-state index in [1.165, 1.54) is 21.3 Å². The zero-order valence-corrected chi connectivity index (χ0v) is 11.8. The van der Waals surface area contributed by atoms with Gasteiger partial charge in [-0.05, 0) is 65.4 Å². The number of rotatable bonds is 3. The lowest BCUT2D eigenvalue weighted by atomic mass is 10.2. The van der Waals surface area contributed by atoms with Crippen molar-refractivity contribution in [2.24, 2.45) is 0 Å². The van der Waals surface area contributed by atoms with Crippen molar-refractivity contribution in [3.05, 3.63) is 61.7 Å². The predicted octanol–water partition coefficient (Wildman–Crippen LogP) is 4.25. The van der Waals surface area contributed by atoms with Gasteiger partial charge in [-0.25, -0.2) is 0 Å². The lowest BCUT2D eigenvalue weighted by molar-refractivity contribution is -0.384. The minimum absolute atomic E-state index is 0.0966. The maximum atomic E-state index is 10.5. The van der Waals surface area contributed by atoms with Gasteiger partial charge in [0.2, 0.25) is 0 Å². The van der Waals surface area contributed by atoms with Crippen LogP contribution in [0.15, 0.2) is 42.5 Å². The molecule has 0 radical (unpaired) electrons. The number of nitro benzene ring substituents is 1. The average molecular weight is 354 g/mol. The van der Waals surface area contributed by atoms with Crippen molar-refractivity contribution >= 4 is 39.7 Å². The second kappa shape index (κ2) is 5.34. The van der Waals surface area contributed by atoms with E-state index < -0.39 is 4.92 Å². The highest BCUT2D eigenvalue weighted by molar-refractivity contribution is 14.1. The molecule has 0 spiro atoms. The molecular weight excluding hydrogens is 343 g/mol. The molecule has 0 aliphatic rings. The smallest absolute Gasteiger partial charge is 0.269 e. The highest BCUT2D eigenvalue weighted by Crippen LogP contribution is 2.22. The molecule has 0 unspecified atom stereocenters. The van der Waals surface area contributed by atoms with E-state index in [2.05, 4.69) is 27.9 Å². The van der Waals surface area contributed by atoms with Gasteiger partial charge in [0.1, 0.15) is 0 Å². The highest BCUT2D eigenvalue weighted by Gasteiger charge is 2.04. The van der Waals surface area contributed by atoms with Crippen LogP contribution in [-0.2, 0) is 0 Å². The van der Waals surface area contributed by atoms with E-state index in [-0.39, 0.29) is 5.69 Å². The van der Waals surface area contributed by atoms with Gasteiger partial charge in [0.05, 0.1) is 4.92 Å². The van der Waals surface area contributed by atoms with Gasteiger partial charge >= 0.3 is 0 Å². The molecule has 18 heavy (non-hydrogen) atoms. The third-order valence-electron chi connectivity index (χ3n) is 2.52. The minimum atomic E-state index is -0.404. The molecule has 1 N–H and O–H groups in total. The van der Waals surface area contributed by atoms with Crippen LogP contribution < -0.4 is 5.32 Å². The van der Waals surface area contributed by atoms with Crippen LogP contribution >= 0.6 is 22.6 Å². The standard InChI is InChI=1S/C13H11IN2O2/c1-9-8-11(4-7-13(9)14)15-10-2-5-12(6-3-10)16(17)18/h2-8,15H,1H3. The van der Waals surface area contributed by atoms with E-state index in [0.717, 1.165) is 11.4 Å². The van der Waals surface area contributed by atoms with Crippen LogP contribution in [0.2, 0.25) is 0 Å². The van der Waals surface area contributed by atoms with Crippen LogP contribution in [0.5, 0.6) is 0 Å². The first kappa shape index (κ1) is 12.8. The van der Waals surface area contributed by atoms with Gasteiger partial charge in [-0.3, -0.25) is 10.1 Å². The van der Waals surface area contributed by atoms with Gasteiger partial charge in [0.25, 0.3) is 5.69 Å². The Bertz CT molecular complexity index is 582. The normalized spacial score (nSPS) is 10.1. The summed E-state index contributed by atoms with van der Waals surface area (Å²) in [6.07, 6.45) is 0. The van der Waals surface area contributed by atoms with Crippen molar-refractivity contribution in [2.45, 2.75) is 6.92 Å². The molecule has 0 saturated heterocycles. The molecule has 0 bridgehead atoms. The van der Waals surface area contributed by atoms with Crippen molar-refractivity contribution in [3.63, 3.8) is 0 Å². The van der Waals surface area contributed by atoms with E-state index in [0.29, 0.717) is 0 Å². The Morgan fingerprint density at radius 3 is 2.28 bits per heavy atom. The average Bonchev–Trinajstić information content (AvgIpc) is 2.34. The summed E-state index contributed by atoms with van der Waals surface area (Å²) >= 11 is 2.28. The van der Waals surface area contributed by atoms with E-state index in [9.17, 15) is 10.1 Å². The van der Waals surface area contributed by atoms with E-state index in [1.807, 2.05) is 25.1 Å². The Kier molecular flexibility index (Phi) is 3.81. The van der Waals surface area contributed by atoms with Crippen LogP contribution in [0, 0.1) is 20.6 Å². The van der Waals surface area contributed by atoms with Crippen molar-refractivity contribution in [1.82, 2.24) is 0 Å². The van der Waals surface area contributed by atoms with Crippen molar-refractivity contribution in [2.75, 3.05) is 5.32 Å². The van der Waals surface area contributed by atoms with Gasteiger partial charge in [-0.15, -0.1) is 0 Å².